The van der Waals surface area contributed by atoms with Gasteiger partial charge in [-0.3, -0.25) is 4.79 Å². The van der Waals surface area contributed by atoms with Gasteiger partial charge in [-0.05, 0) is 35.4 Å². The summed E-state index contributed by atoms with van der Waals surface area (Å²) in [5.74, 6) is 0.573. The van der Waals surface area contributed by atoms with Gasteiger partial charge >= 0.3 is 0 Å². The first kappa shape index (κ1) is 16.3. The molecule has 1 unspecified atom stereocenters. The van der Waals surface area contributed by atoms with Crippen molar-refractivity contribution >= 4 is 5.91 Å². The lowest BCUT2D eigenvalue weighted by atomic mass is 9.90. The Morgan fingerprint density at radius 1 is 1.05 bits per heavy atom. The molecule has 2 aromatic carbocycles. The molecule has 22 heavy (non-hydrogen) atoms. The number of amides is 1. The quantitative estimate of drug-likeness (QED) is 0.783. The monoisotopic (exact) mass is 295 g/mol. The fourth-order valence-corrected chi connectivity index (χ4v) is 2.71. The Labute approximate surface area is 133 Å². The maximum absolute atomic E-state index is 11.5. The average molecular weight is 295 g/mol. The molecule has 0 bridgehead atoms. The number of carbonyl (C=O) groups excluding carboxylic acids is 1. The average Bonchev–Trinajstić information content (AvgIpc) is 2.56. The number of rotatable bonds is 7. The van der Waals surface area contributed by atoms with E-state index in [1.807, 2.05) is 13.0 Å². The smallest absolute Gasteiger partial charge is 0.219 e. The second-order valence-corrected chi connectivity index (χ2v) is 5.74. The standard InChI is InChI=1S/C20H25NO/c1-3-9-20(22)21-15-14-16(2)18-12-7-8-13-19(18)17-10-5-4-6-11-17/h4-8,10-13,16H,3,9,14-15H2,1-2H3,(H,21,22). The molecule has 1 N–H and O–H groups in total. The van der Waals surface area contributed by atoms with E-state index < -0.39 is 0 Å². The zero-order valence-corrected chi connectivity index (χ0v) is 13.5. The number of benzene rings is 2. The lowest BCUT2D eigenvalue weighted by molar-refractivity contribution is -0.121. The van der Waals surface area contributed by atoms with Crippen molar-refractivity contribution in [3.05, 3.63) is 60.2 Å². The van der Waals surface area contributed by atoms with Crippen molar-refractivity contribution in [3.63, 3.8) is 0 Å². The van der Waals surface area contributed by atoms with Crippen molar-refractivity contribution in [1.29, 1.82) is 0 Å². The van der Waals surface area contributed by atoms with Crippen LogP contribution in [0, 0.1) is 0 Å². The first-order valence-corrected chi connectivity index (χ1v) is 8.13. The first-order chi connectivity index (χ1) is 10.7. The zero-order chi connectivity index (χ0) is 15.8. The number of carbonyl (C=O) groups is 1. The minimum absolute atomic E-state index is 0.158. The highest BCUT2D eigenvalue weighted by atomic mass is 16.1. The van der Waals surface area contributed by atoms with Gasteiger partial charge in [-0.2, -0.15) is 0 Å². The van der Waals surface area contributed by atoms with Crippen LogP contribution in [0.5, 0.6) is 0 Å². The Hall–Kier alpha value is -2.09. The van der Waals surface area contributed by atoms with Gasteiger partial charge in [0.15, 0.2) is 0 Å². The highest BCUT2D eigenvalue weighted by Crippen LogP contribution is 2.30. The molecule has 0 radical (unpaired) electrons. The van der Waals surface area contributed by atoms with Crippen LogP contribution in [0.2, 0.25) is 0 Å². The SMILES string of the molecule is CCCC(=O)NCCC(C)c1ccccc1-c1ccccc1. The summed E-state index contributed by atoms with van der Waals surface area (Å²) < 4.78 is 0. The molecule has 2 rings (SSSR count). The van der Waals surface area contributed by atoms with Crippen molar-refractivity contribution in [2.45, 2.75) is 39.0 Å². The molecule has 0 aliphatic heterocycles. The van der Waals surface area contributed by atoms with Crippen LogP contribution >= 0.6 is 0 Å². The highest BCUT2D eigenvalue weighted by molar-refractivity contribution is 5.75. The van der Waals surface area contributed by atoms with Gasteiger partial charge in [0.2, 0.25) is 5.91 Å². The Morgan fingerprint density at radius 2 is 1.73 bits per heavy atom. The van der Waals surface area contributed by atoms with E-state index in [-0.39, 0.29) is 5.91 Å². The van der Waals surface area contributed by atoms with Gasteiger partial charge < -0.3 is 5.32 Å². The van der Waals surface area contributed by atoms with Gasteiger partial charge in [-0.15, -0.1) is 0 Å². The molecule has 0 aromatic heterocycles. The van der Waals surface area contributed by atoms with Crippen LogP contribution in [-0.4, -0.2) is 12.5 Å². The number of hydrogen-bond donors (Lipinski definition) is 1. The molecule has 0 fully saturated rings. The minimum atomic E-state index is 0.158. The Bertz CT molecular complexity index is 592. The third-order valence-electron chi connectivity index (χ3n) is 3.95. The molecule has 0 aliphatic rings. The molecular weight excluding hydrogens is 270 g/mol. The van der Waals surface area contributed by atoms with Crippen molar-refractivity contribution < 1.29 is 4.79 Å². The van der Waals surface area contributed by atoms with Crippen LogP contribution in [0.25, 0.3) is 11.1 Å². The fraction of sp³-hybridized carbons (Fsp3) is 0.350. The molecule has 0 saturated heterocycles. The van der Waals surface area contributed by atoms with Crippen molar-refractivity contribution in [2.75, 3.05) is 6.54 Å². The summed E-state index contributed by atoms with van der Waals surface area (Å²) in [6.45, 7) is 5.00. The van der Waals surface area contributed by atoms with Gasteiger partial charge in [-0.25, -0.2) is 0 Å². The van der Waals surface area contributed by atoms with Gasteiger partial charge in [-0.1, -0.05) is 68.4 Å². The normalized spacial score (nSPS) is 11.9. The maximum atomic E-state index is 11.5. The summed E-state index contributed by atoms with van der Waals surface area (Å²) in [5.41, 5.74) is 3.88. The van der Waals surface area contributed by atoms with E-state index in [1.165, 1.54) is 16.7 Å². The van der Waals surface area contributed by atoms with E-state index in [9.17, 15) is 4.79 Å². The van der Waals surface area contributed by atoms with E-state index in [2.05, 4.69) is 60.8 Å². The summed E-state index contributed by atoms with van der Waals surface area (Å²) in [4.78, 5) is 11.5. The molecule has 0 aliphatic carbocycles. The largest absolute Gasteiger partial charge is 0.356 e. The Morgan fingerprint density at radius 3 is 2.45 bits per heavy atom. The summed E-state index contributed by atoms with van der Waals surface area (Å²) in [6, 6.07) is 19.0. The first-order valence-electron chi connectivity index (χ1n) is 8.13. The number of hydrogen-bond acceptors (Lipinski definition) is 1. The predicted octanol–water partition coefficient (Wildman–Crippen LogP) is 4.76. The maximum Gasteiger partial charge on any atom is 0.219 e. The van der Waals surface area contributed by atoms with E-state index in [0.717, 1.165) is 19.4 Å². The molecule has 0 heterocycles. The highest BCUT2D eigenvalue weighted by Gasteiger charge is 2.11. The minimum Gasteiger partial charge on any atom is -0.356 e. The van der Waals surface area contributed by atoms with E-state index in [4.69, 9.17) is 0 Å². The molecule has 2 heteroatoms. The van der Waals surface area contributed by atoms with Gasteiger partial charge in [0.05, 0.1) is 0 Å². The molecular formula is C20H25NO. The Balaban J connectivity index is 2.04. The van der Waals surface area contributed by atoms with Crippen LogP contribution in [0.1, 0.15) is 44.6 Å². The van der Waals surface area contributed by atoms with Gasteiger partial charge in [0.1, 0.15) is 0 Å². The third-order valence-corrected chi connectivity index (χ3v) is 3.95. The van der Waals surface area contributed by atoms with E-state index in [0.29, 0.717) is 12.3 Å². The summed E-state index contributed by atoms with van der Waals surface area (Å²) >= 11 is 0. The second-order valence-electron chi connectivity index (χ2n) is 5.74. The summed E-state index contributed by atoms with van der Waals surface area (Å²) in [6.07, 6.45) is 2.48. The van der Waals surface area contributed by atoms with E-state index >= 15 is 0 Å². The van der Waals surface area contributed by atoms with Crippen molar-refractivity contribution in [1.82, 2.24) is 5.32 Å². The molecule has 0 spiro atoms. The molecule has 116 valence electrons. The van der Waals surface area contributed by atoms with Crippen LogP contribution < -0.4 is 5.32 Å². The lowest BCUT2D eigenvalue weighted by Gasteiger charge is -2.17. The van der Waals surface area contributed by atoms with Gasteiger partial charge in [0.25, 0.3) is 0 Å². The molecule has 1 amide bonds. The second kappa shape index (κ2) is 8.38. The zero-order valence-electron chi connectivity index (χ0n) is 13.5. The Kier molecular flexibility index (Phi) is 6.20. The van der Waals surface area contributed by atoms with Crippen LogP contribution in [0.4, 0.5) is 0 Å². The summed E-state index contributed by atoms with van der Waals surface area (Å²) in [7, 11) is 0. The molecule has 2 aromatic rings. The molecule has 1 atom stereocenters. The van der Waals surface area contributed by atoms with Crippen molar-refractivity contribution in [2.24, 2.45) is 0 Å². The van der Waals surface area contributed by atoms with Crippen LogP contribution in [-0.2, 0) is 4.79 Å². The van der Waals surface area contributed by atoms with E-state index in [1.54, 1.807) is 0 Å². The molecule has 0 saturated carbocycles. The number of nitrogens with one attached hydrogen (secondary N) is 1. The fourth-order valence-electron chi connectivity index (χ4n) is 2.71. The predicted molar refractivity (Wildman–Crippen MR) is 92.8 cm³/mol. The van der Waals surface area contributed by atoms with Gasteiger partial charge in [0, 0.05) is 13.0 Å². The lowest BCUT2D eigenvalue weighted by Crippen LogP contribution is -2.24. The molecule has 2 nitrogen and oxygen atoms in total. The van der Waals surface area contributed by atoms with Crippen molar-refractivity contribution in [3.8, 4) is 11.1 Å². The summed E-state index contributed by atoms with van der Waals surface area (Å²) in [5, 5.41) is 3.00. The van der Waals surface area contributed by atoms with Crippen LogP contribution in [0.15, 0.2) is 54.6 Å². The topological polar surface area (TPSA) is 29.1 Å². The van der Waals surface area contributed by atoms with Crippen LogP contribution in [0.3, 0.4) is 0 Å². The third kappa shape index (κ3) is 4.45.